The van der Waals surface area contributed by atoms with Gasteiger partial charge in [0, 0.05) is 11.0 Å². The first-order valence-electron chi connectivity index (χ1n) is 9.57. The summed E-state index contributed by atoms with van der Waals surface area (Å²) in [6.07, 6.45) is 0. The van der Waals surface area contributed by atoms with Gasteiger partial charge in [-0.2, -0.15) is 8.42 Å². The molecule has 0 aliphatic rings. The molecular formula is C22H28BrNO4S. The standard InChI is InChI=1S/C22H28BrNO4S/c1-14(2)18-9-7-10-19(15(3)4)22(18)28-29(26,27)13-21(25)24-12-17-8-6-11-20(23)16(17)5/h6-11,14-15H,12-13H2,1-5H3,(H,24,25). The molecule has 2 aromatic rings. The van der Waals surface area contributed by atoms with Crippen molar-refractivity contribution in [1.29, 1.82) is 0 Å². The number of nitrogens with one attached hydrogen (secondary N) is 1. The molecule has 0 aliphatic heterocycles. The lowest BCUT2D eigenvalue weighted by molar-refractivity contribution is -0.118. The molecule has 0 aromatic heterocycles. The Morgan fingerprint density at radius 3 is 2.14 bits per heavy atom. The average Bonchev–Trinajstić information content (AvgIpc) is 2.61. The maximum atomic E-state index is 12.6. The molecule has 2 aromatic carbocycles. The van der Waals surface area contributed by atoms with Gasteiger partial charge in [-0.15, -0.1) is 0 Å². The number of hydrogen-bond acceptors (Lipinski definition) is 4. The maximum absolute atomic E-state index is 12.6. The zero-order valence-corrected chi connectivity index (χ0v) is 19.9. The molecule has 0 saturated heterocycles. The van der Waals surface area contributed by atoms with Gasteiger partial charge in [0.2, 0.25) is 5.91 Å². The molecule has 29 heavy (non-hydrogen) atoms. The Morgan fingerprint density at radius 2 is 1.59 bits per heavy atom. The van der Waals surface area contributed by atoms with E-state index in [1.807, 2.05) is 71.0 Å². The number of halogens is 1. The van der Waals surface area contributed by atoms with Crippen molar-refractivity contribution in [3.05, 3.63) is 63.1 Å². The van der Waals surface area contributed by atoms with Crippen LogP contribution in [-0.4, -0.2) is 20.1 Å². The third-order valence-electron chi connectivity index (χ3n) is 4.69. The second-order valence-electron chi connectivity index (χ2n) is 7.66. The van der Waals surface area contributed by atoms with Gasteiger partial charge in [-0.05, 0) is 47.1 Å². The van der Waals surface area contributed by atoms with Crippen LogP contribution >= 0.6 is 15.9 Å². The van der Waals surface area contributed by atoms with Crippen molar-refractivity contribution < 1.29 is 17.4 Å². The molecule has 0 aliphatic carbocycles. The number of hydrogen-bond donors (Lipinski definition) is 1. The van der Waals surface area contributed by atoms with Crippen LogP contribution in [0.5, 0.6) is 5.75 Å². The average molecular weight is 482 g/mol. The molecule has 0 saturated carbocycles. The molecule has 0 radical (unpaired) electrons. The Labute approximate surface area is 182 Å². The van der Waals surface area contributed by atoms with E-state index in [4.69, 9.17) is 4.18 Å². The van der Waals surface area contributed by atoms with E-state index in [0.29, 0.717) is 5.75 Å². The summed E-state index contributed by atoms with van der Waals surface area (Å²) >= 11 is 3.45. The summed E-state index contributed by atoms with van der Waals surface area (Å²) in [7, 11) is -4.09. The third kappa shape index (κ3) is 6.31. The Hall–Kier alpha value is -1.86. The summed E-state index contributed by atoms with van der Waals surface area (Å²) in [5, 5.41) is 2.66. The highest BCUT2D eigenvalue weighted by atomic mass is 79.9. The van der Waals surface area contributed by atoms with Gasteiger partial charge in [-0.1, -0.05) is 74.0 Å². The van der Waals surface area contributed by atoms with Crippen molar-refractivity contribution in [2.24, 2.45) is 0 Å². The van der Waals surface area contributed by atoms with Crippen LogP contribution in [0.25, 0.3) is 0 Å². The number of rotatable bonds is 8. The first-order chi connectivity index (χ1) is 13.5. The number of carbonyl (C=O) groups excluding carboxylic acids is 1. The number of para-hydroxylation sites is 1. The van der Waals surface area contributed by atoms with E-state index < -0.39 is 21.8 Å². The molecular weight excluding hydrogens is 454 g/mol. The fourth-order valence-corrected chi connectivity index (χ4v) is 4.32. The van der Waals surface area contributed by atoms with Crippen LogP contribution in [0.15, 0.2) is 40.9 Å². The fraction of sp³-hybridized carbons (Fsp3) is 0.409. The monoisotopic (exact) mass is 481 g/mol. The van der Waals surface area contributed by atoms with Crippen LogP contribution in [-0.2, 0) is 21.5 Å². The molecule has 1 amide bonds. The first-order valence-corrected chi connectivity index (χ1v) is 11.9. The van der Waals surface area contributed by atoms with Gasteiger partial charge in [0.15, 0.2) is 5.75 Å². The minimum absolute atomic E-state index is 0.0900. The summed E-state index contributed by atoms with van der Waals surface area (Å²) in [5.74, 6) is -0.811. The molecule has 158 valence electrons. The van der Waals surface area contributed by atoms with Crippen LogP contribution < -0.4 is 9.50 Å². The van der Waals surface area contributed by atoms with Crippen LogP contribution in [0.2, 0.25) is 0 Å². The molecule has 5 nitrogen and oxygen atoms in total. The molecule has 0 bridgehead atoms. The zero-order valence-electron chi connectivity index (χ0n) is 17.5. The Balaban J connectivity index is 2.14. The highest BCUT2D eigenvalue weighted by Gasteiger charge is 2.24. The smallest absolute Gasteiger partial charge is 0.318 e. The van der Waals surface area contributed by atoms with E-state index >= 15 is 0 Å². The highest BCUT2D eigenvalue weighted by molar-refractivity contribution is 9.10. The zero-order chi connectivity index (χ0) is 21.8. The van der Waals surface area contributed by atoms with E-state index in [2.05, 4.69) is 21.2 Å². The van der Waals surface area contributed by atoms with Crippen molar-refractivity contribution in [3.63, 3.8) is 0 Å². The van der Waals surface area contributed by atoms with Crippen LogP contribution in [0.3, 0.4) is 0 Å². The summed E-state index contributed by atoms with van der Waals surface area (Å²) in [5.41, 5.74) is 3.53. The topological polar surface area (TPSA) is 72.5 Å². The second-order valence-corrected chi connectivity index (χ2v) is 10.1. The number of amides is 1. The van der Waals surface area contributed by atoms with Crippen LogP contribution in [0.1, 0.15) is 61.8 Å². The van der Waals surface area contributed by atoms with E-state index in [9.17, 15) is 13.2 Å². The third-order valence-corrected chi connectivity index (χ3v) is 6.59. The van der Waals surface area contributed by atoms with Gasteiger partial charge in [-0.3, -0.25) is 4.79 Å². The quantitative estimate of drug-likeness (QED) is 0.536. The summed E-state index contributed by atoms with van der Waals surface area (Å²) in [6, 6.07) is 11.3. The molecule has 7 heteroatoms. The molecule has 0 spiro atoms. The van der Waals surface area contributed by atoms with Crippen molar-refractivity contribution in [2.75, 3.05) is 5.75 Å². The van der Waals surface area contributed by atoms with Crippen molar-refractivity contribution in [2.45, 2.75) is 53.0 Å². The van der Waals surface area contributed by atoms with Gasteiger partial charge in [0.05, 0.1) is 0 Å². The minimum Gasteiger partial charge on any atom is -0.381 e. The normalized spacial score (nSPS) is 11.7. The molecule has 0 unspecified atom stereocenters. The highest BCUT2D eigenvalue weighted by Crippen LogP contribution is 2.35. The lowest BCUT2D eigenvalue weighted by atomic mass is 9.94. The Morgan fingerprint density at radius 1 is 1.03 bits per heavy atom. The SMILES string of the molecule is Cc1c(Br)cccc1CNC(=O)CS(=O)(=O)Oc1c(C(C)C)cccc1C(C)C. The molecule has 0 heterocycles. The van der Waals surface area contributed by atoms with Crippen molar-refractivity contribution in [3.8, 4) is 5.75 Å². The number of benzene rings is 2. The lowest BCUT2D eigenvalue weighted by Gasteiger charge is -2.19. The van der Waals surface area contributed by atoms with Gasteiger partial charge in [0.25, 0.3) is 0 Å². The maximum Gasteiger partial charge on any atom is 0.318 e. The minimum atomic E-state index is -4.09. The van der Waals surface area contributed by atoms with Crippen LogP contribution in [0.4, 0.5) is 0 Å². The largest absolute Gasteiger partial charge is 0.381 e. The molecule has 1 N–H and O–H groups in total. The van der Waals surface area contributed by atoms with Gasteiger partial charge in [-0.25, -0.2) is 0 Å². The fourth-order valence-electron chi connectivity index (χ4n) is 2.98. The summed E-state index contributed by atoms with van der Waals surface area (Å²) < 4.78 is 31.6. The molecule has 0 fully saturated rings. The predicted molar refractivity (Wildman–Crippen MR) is 120 cm³/mol. The van der Waals surface area contributed by atoms with E-state index in [0.717, 1.165) is 26.7 Å². The molecule has 0 atom stereocenters. The Kier molecular flexibility index (Phi) is 7.88. The van der Waals surface area contributed by atoms with E-state index in [1.165, 1.54) is 0 Å². The van der Waals surface area contributed by atoms with E-state index in [1.54, 1.807) is 0 Å². The van der Waals surface area contributed by atoms with Gasteiger partial charge < -0.3 is 9.50 Å². The lowest BCUT2D eigenvalue weighted by Crippen LogP contribution is -2.32. The Bertz CT molecular complexity index is 958. The van der Waals surface area contributed by atoms with Crippen LogP contribution in [0, 0.1) is 6.92 Å². The van der Waals surface area contributed by atoms with Crippen molar-refractivity contribution >= 4 is 32.0 Å². The first kappa shape index (κ1) is 23.4. The molecule has 2 rings (SSSR count). The van der Waals surface area contributed by atoms with Gasteiger partial charge in [0.1, 0.15) is 5.75 Å². The summed E-state index contributed by atoms with van der Waals surface area (Å²) in [6.45, 7) is 10.1. The predicted octanol–water partition coefficient (Wildman–Crippen LogP) is 5.03. The van der Waals surface area contributed by atoms with Gasteiger partial charge >= 0.3 is 10.1 Å². The van der Waals surface area contributed by atoms with Crippen molar-refractivity contribution in [1.82, 2.24) is 5.32 Å². The number of carbonyl (C=O) groups is 1. The van der Waals surface area contributed by atoms with E-state index in [-0.39, 0.29) is 18.4 Å². The second kappa shape index (κ2) is 9.76. The summed E-state index contributed by atoms with van der Waals surface area (Å²) in [4.78, 5) is 12.3.